The predicted octanol–water partition coefficient (Wildman–Crippen LogP) is 1.27. The van der Waals surface area contributed by atoms with Crippen LogP contribution >= 0.6 is 15.9 Å². The van der Waals surface area contributed by atoms with Crippen molar-refractivity contribution in [3.63, 3.8) is 0 Å². The van der Waals surface area contributed by atoms with Crippen LogP contribution < -0.4 is 4.72 Å². The summed E-state index contributed by atoms with van der Waals surface area (Å²) in [5, 5.41) is 0. The number of hydrogen-bond acceptors (Lipinski definition) is 3. The second-order valence-electron chi connectivity index (χ2n) is 4.63. The number of likely N-dealkylation sites (tertiary alicyclic amines) is 1. The van der Waals surface area contributed by atoms with E-state index >= 15 is 0 Å². The molecule has 1 fully saturated rings. The van der Waals surface area contributed by atoms with Crippen molar-refractivity contribution in [1.29, 1.82) is 0 Å². The Balaban J connectivity index is 2.23. The van der Waals surface area contributed by atoms with Gasteiger partial charge in [-0.3, -0.25) is 4.79 Å². The fraction of sp³-hybridized carbons (Fsp3) is 0.417. The van der Waals surface area contributed by atoms with E-state index in [1.807, 2.05) is 6.92 Å². The van der Waals surface area contributed by atoms with Crippen LogP contribution in [-0.2, 0) is 14.8 Å². The van der Waals surface area contributed by atoms with Gasteiger partial charge >= 0.3 is 0 Å². The van der Waals surface area contributed by atoms with Gasteiger partial charge in [0.05, 0.1) is 4.90 Å². The van der Waals surface area contributed by atoms with Crippen molar-refractivity contribution < 1.29 is 13.2 Å². The molecule has 0 aromatic heterocycles. The highest BCUT2D eigenvalue weighted by Crippen LogP contribution is 2.21. The van der Waals surface area contributed by atoms with E-state index in [1.165, 1.54) is 11.0 Å². The van der Waals surface area contributed by atoms with Gasteiger partial charge in [0.15, 0.2) is 0 Å². The van der Waals surface area contributed by atoms with Gasteiger partial charge in [0.1, 0.15) is 6.04 Å². The largest absolute Gasteiger partial charge is 0.344 e. The highest BCUT2D eigenvalue weighted by molar-refractivity contribution is 9.10. The number of halogens is 1. The third-order valence-electron chi connectivity index (χ3n) is 3.18. The van der Waals surface area contributed by atoms with Crippen LogP contribution in [0.15, 0.2) is 27.6 Å². The average molecular weight is 347 g/mol. The molecule has 0 radical (unpaired) electrons. The number of hydrogen-bond donors (Lipinski definition) is 1. The van der Waals surface area contributed by atoms with Gasteiger partial charge in [-0.15, -0.1) is 0 Å². The number of carbonyl (C=O) groups is 1. The first-order chi connectivity index (χ1) is 8.81. The molecule has 0 spiro atoms. The molecular weight excluding hydrogens is 332 g/mol. The molecule has 1 aliphatic rings. The topological polar surface area (TPSA) is 66.5 Å². The monoisotopic (exact) mass is 346 g/mol. The van der Waals surface area contributed by atoms with Gasteiger partial charge in [-0.25, -0.2) is 8.42 Å². The Kier molecular flexibility index (Phi) is 3.98. The smallest absolute Gasteiger partial charge is 0.241 e. The van der Waals surface area contributed by atoms with Gasteiger partial charge in [0.25, 0.3) is 0 Å². The van der Waals surface area contributed by atoms with Gasteiger partial charge in [-0.1, -0.05) is 22.0 Å². The van der Waals surface area contributed by atoms with Crippen LogP contribution in [0.25, 0.3) is 0 Å². The summed E-state index contributed by atoms with van der Waals surface area (Å²) in [6, 6.07) is 4.14. The first-order valence-corrected chi connectivity index (χ1v) is 8.12. The summed E-state index contributed by atoms with van der Waals surface area (Å²) < 4.78 is 27.6. The molecule has 0 bridgehead atoms. The maximum atomic E-state index is 12.2. The van der Waals surface area contributed by atoms with E-state index in [1.54, 1.807) is 19.2 Å². The summed E-state index contributed by atoms with van der Waals surface area (Å²) in [6.45, 7) is 2.45. The number of rotatable bonds is 3. The van der Waals surface area contributed by atoms with E-state index < -0.39 is 16.1 Å². The van der Waals surface area contributed by atoms with Crippen LogP contribution in [0, 0.1) is 6.92 Å². The summed E-state index contributed by atoms with van der Waals surface area (Å²) in [5.41, 5.74) is 0.954. The number of sulfonamides is 1. The van der Waals surface area contributed by atoms with Crippen molar-refractivity contribution >= 4 is 31.9 Å². The number of likely N-dealkylation sites (N-methyl/N-ethyl adjacent to an activating group) is 1. The summed E-state index contributed by atoms with van der Waals surface area (Å²) in [6.07, 6.45) is 0.502. The lowest BCUT2D eigenvalue weighted by atomic mass is 10.2. The second-order valence-corrected chi connectivity index (χ2v) is 7.20. The Morgan fingerprint density at radius 1 is 1.42 bits per heavy atom. The highest BCUT2D eigenvalue weighted by atomic mass is 79.9. The van der Waals surface area contributed by atoms with Crippen LogP contribution in [0.4, 0.5) is 0 Å². The fourth-order valence-electron chi connectivity index (χ4n) is 1.93. The number of carbonyl (C=O) groups excluding carboxylic acids is 1. The van der Waals surface area contributed by atoms with E-state index in [-0.39, 0.29) is 10.8 Å². The molecule has 19 heavy (non-hydrogen) atoms. The summed E-state index contributed by atoms with van der Waals surface area (Å²) in [7, 11) is -2.00. The van der Waals surface area contributed by atoms with E-state index in [9.17, 15) is 13.2 Å². The summed E-state index contributed by atoms with van der Waals surface area (Å²) >= 11 is 3.31. The van der Waals surface area contributed by atoms with E-state index in [0.717, 1.165) is 10.0 Å². The molecule has 5 nitrogen and oxygen atoms in total. The molecule has 1 aromatic carbocycles. The van der Waals surface area contributed by atoms with E-state index in [0.29, 0.717) is 13.0 Å². The molecule has 104 valence electrons. The lowest BCUT2D eigenvalue weighted by Gasteiger charge is -2.13. The SMILES string of the molecule is Cc1ccc(S(=O)(=O)N[C@@H]2CCN(C)C2=O)cc1Br. The molecule has 1 heterocycles. The summed E-state index contributed by atoms with van der Waals surface area (Å²) in [4.78, 5) is 13.4. The molecule has 0 unspecified atom stereocenters. The number of aryl methyl sites for hydroxylation is 1. The third-order valence-corrected chi connectivity index (χ3v) is 5.50. The van der Waals surface area contributed by atoms with Crippen molar-refractivity contribution in [3.8, 4) is 0 Å². The molecule has 1 aliphatic heterocycles. The Labute approximate surface area is 121 Å². The summed E-state index contributed by atoms with van der Waals surface area (Å²) in [5.74, 6) is -0.185. The van der Waals surface area contributed by atoms with Gasteiger partial charge in [0, 0.05) is 18.1 Å². The quantitative estimate of drug-likeness (QED) is 0.896. The Hall–Kier alpha value is -0.920. The number of amides is 1. The minimum absolute atomic E-state index is 0.160. The van der Waals surface area contributed by atoms with Crippen molar-refractivity contribution in [3.05, 3.63) is 28.2 Å². The van der Waals surface area contributed by atoms with Crippen LogP contribution in [0.2, 0.25) is 0 Å². The number of nitrogens with zero attached hydrogens (tertiary/aromatic N) is 1. The van der Waals surface area contributed by atoms with Crippen molar-refractivity contribution in [2.75, 3.05) is 13.6 Å². The Morgan fingerprint density at radius 3 is 2.63 bits per heavy atom. The fourth-order valence-corrected chi connectivity index (χ4v) is 3.71. The van der Waals surface area contributed by atoms with Gasteiger partial charge in [-0.05, 0) is 31.0 Å². The van der Waals surface area contributed by atoms with Crippen molar-refractivity contribution in [1.82, 2.24) is 9.62 Å². The van der Waals surface area contributed by atoms with Crippen molar-refractivity contribution in [2.45, 2.75) is 24.3 Å². The minimum Gasteiger partial charge on any atom is -0.344 e. The zero-order chi connectivity index (χ0) is 14.2. The molecule has 1 amide bonds. The maximum Gasteiger partial charge on any atom is 0.241 e. The average Bonchev–Trinajstić information content (AvgIpc) is 2.64. The minimum atomic E-state index is -3.67. The normalized spacial score (nSPS) is 20.1. The number of nitrogens with one attached hydrogen (secondary N) is 1. The lowest BCUT2D eigenvalue weighted by molar-refractivity contribution is -0.127. The molecule has 1 N–H and O–H groups in total. The van der Waals surface area contributed by atoms with E-state index in [4.69, 9.17) is 0 Å². The molecule has 2 rings (SSSR count). The number of benzene rings is 1. The van der Waals surface area contributed by atoms with Gasteiger partial charge in [0.2, 0.25) is 15.9 Å². The molecule has 0 aliphatic carbocycles. The first kappa shape index (κ1) is 14.5. The van der Waals surface area contributed by atoms with Gasteiger partial charge < -0.3 is 4.90 Å². The van der Waals surface area contributed by atoms with Crippen LogP contribution in [0.3, 0.4) is 0 Å². The highest BCUT2D eigenvalue weighted by Gasteiger charge is 2.32. The van der Waals surface area contributed by atoms with Crippen LogP contribution in [-0.4, -0.2) is 38.9 Å². The van der Waals surface area contributed by atoms with Crippen molar-refractivity contribution in [2.24, 2.45) is 0 Å². The molecule has 0 saturated carbocycles. The Bertz CT molecular complexity index is 615. The predicted molar refractivity (Wildman–Crippen MR) is 75.2 cm³/mol. The zero-order valence-electron chi connectivity index (χ0n) is 10.7. The standard InChI is InChI=1S/C12H15BrN2O3S/c1-8-3-4-9(7-10(8)13)19(17,18)14-11-5-6-15(2)12(11)16/h3-4,7,11,14H,5-6H2,1-2H3/t11-/m1/s1. The molecule has 7 heteroatoms. The lowest BCUT2D eigenvalue weighted by Crippen LogP contribution is -2.40. The van der Waals surface area contributed by atoms with E-state index in [2.05, 4.69) is 20.7 Å². The van der Waals surface area contributed by atoms with Gasteiger partial charge in [-0.2, -0.15) is 4.72 Å². The molecule has 1 saturated heterocycles. The van der Waals surface area contributed by atoms with Crippen LogP contribution in [0.1, 0.15) is 12.0 Å². The molecule has 1 atom stereocenters. The Morgan fingerprint density at radius 2 is 2.11 bits per heavy atom. The van der Waals surface area contributed by atoms with Crippen LogP contribution in [0.5, 0.6) is 0 Å². The second kappa shape index (κ2) is 5.22. The first-order valence-electron chi connectivity index (χ1n) is 5.85. The maximum absolute atomic E-state index is 12.2. The molecule has 1 aromatic rings. The molecular formula is C12H15BrN2O3S. The zero-order valence-corrected chi connectivity index (χ0v) is 13.1. The third kappa shape index (κ3) is 2.98.